The van der Waals surface area contributed by atoms with Crippen LogP contribution in [-0.4, -0.2) is 12.6 Å². The average Bonchev–Trinajstić information content (AvgIpc) is 2.97. The molecular weight excluding hydrogens is 205 g/mol. The smallest absolute Gasteiger partial charge is 0.165 e. The highest BCUT2D eigenvalue weighted by Crippen LogP contribution is 2.37. The number of rotatable bonds is 5. The SMILES string of the molecule is COc1c(F)cccc1CCCC1(N)CC1. The normalized spacial score (nSPS) is 17.2. The maximum Gasteiger partial charge on any atom is 0.165 e. The quantitative estimate of drug-likeness (QED) is 0.832. The van der Waals surface area contributed by atoms with Gasteiger partial charge in [0.05, 0.1) is 7.11 Å². The van der Waals surface area contributed by atoms with Gasteiger partial charge < -0.3 is 10.5 Å². The molecule has 1 aliphatic rings. The fraction of sp³-hybridized carbons (Fsp3) is 0.538. The van der Waals surface area contributed by atoms with Crippen molar-refractivity contribution in [1.82, 2.24) is 0 Å². The van der Waals surface area contributed by atoms with E-state index in [9.17, 15) is 4.39 Å². The van der Waals surface area contributed by atoms with Gasteiger partial charge in [0.25, 0.3) is 0 Å². The molecule has 1 aliphatic carbocycles. The van der Waals surface area contributed by atoms with Crippen LogP contribution in [0.25, 0.3) is 0 Å². The first-order valence-corrected chi connectivity index (χ1v) is 5.75. The third-order valence-corrected chi connectivity index (χ3v) is 3.27. The van der Waals surface area contributed by atoms with Gasteiger partial charge in [-0.3, -0.25) is 0 Å². The van der Waals surface area contributed by atoms with Crippen molar-refractivity contribution >= 4 is 0 Å². The van der Waals surface area contributed by atoms with Gasteiger partial charge in [0, 0.05) is 5.54 Å². The number of hydrogen-bond donors (Lipinski definition) is 1. The molecule has 1 fully saturated rings. The molecule has 0 amide bonds. The molecule has 0 radical (unpaired) electrons. The van der Waals surface area contributed by atoms with Crippen molar-refractivity contribution in [1.29, 1.82) is 0 Å². The molecule has 0 heterocycles. The van der Waals surface area contributed by atoms with Crippen molar-refractivity contribution in [3.05, 3.63) is 29.6 Å². The Kier molecular flexibility index (Phi) is 3.15. The molecule has 0 bridgehead atoms. The second-order valence-electron chi connectivity index (χ2n) is 4.65. The van der Waals surface area contributed by atoms with Crippen LogP contribution in [0.2, 0.25) is 0 Å². The molecule has 0 aliphatic heterocycles. The van der Waals surface area contributed by atoms with E-state index in [1.54, 1.807) is 6.07 Å². The predicted octanol–water partition coefficient (Wildman–Crippen LogP) is 2.65. The number of aryl methyl sites for hydroxylation is 1. The lowest BCUT2D eigenvalue weighted by atomic mass is 10.0. The van der Waals surface area contributed by atoms with E-state index in [1.807, 2.05) is 6.07 Å². The molecule has 0 aromatic heterocycles. The van der Waals surface area contributed by atoms with Gasteiger partial charge in [-0.15, -0.1) is 0 Å². The van der Waals surface area contributed by atoms with E-state index in [-0.39, 0.29) is 11.4 Å². The van der Waals surface area contributed by atoms with Crippen molar-refractivity contribution < 1.29 is 9.13 Å². The summed E-state index contributed by atoms with van der Waals surface area (Å²) in [6, 6.07) is 5.06. The number of nitrogens with two attached hydrogens (primary N) is 1. The van der Waals surface area contributed by atoms with E-state index in [1.165, 1.54) is 13.2 Å². The van der Waals surface area contributed by atoms with E-state index < -0.39 is 0 Å². The van der Waals surface area contributed by atoms with Gasteiger partial charge in [0.15, 0.2) is 11.6 Å². The fourth-order valence-corrected chi connectivity index (χ4v) is 2.02. The Morgan fingerprint density at radius 1 is 1.44 bits per heavy atom. The van der Waals surface area contributed by atoms with Crippen LogP contribution in [0.5, 0.6) is 5.75 Å². The van der Waals surface area contributed by atoms with Crippen molar-refractivity contribution in [2.24, 2.45) is 5.73 Å². The summed E-state index contributed by atoms with van der Waals surface area (Å²) in [5.41, 5.74) is 7.03. The Hall–Kier alpha value is -1.09. The minimum absolute atomic E-state index is 0.0839. The second kappa shape index (κ2) is 4.42. The molecule has 1 saturated carbocycles. The van der Waals surface area contributed by atoms with Gasteiger partial charge in [0.1, 0.15) is 0 Å². The number of para-hydroxylation sites is 1. The summed E-state index contributed by atoms with van der Waals surface area (Å²) in [5, 5.41) is 0. The molecule has 0 saturated heterocycles. The molecule has 16 heavy (non-hydrogen) atoms. The standard InChI is InChI=1S/C13H18FNO/c1-16-12-10(4-2-6-11(12)14)5-3-7-13(15)8-9-13/h2,4,6H,3,5,7-9,15H2,1H3. The lowest BCUT2D eigenvalue weighted by Crippen LogP contribution is -2.21. The summed E-state index contributed by atoms with van der Waals surface area (Å²) in [5.74, 6) is 0.0956. The molecule has 1 aromatic carbocycles. The first-order chi connectivity index (χ1) is 7.64. The molecule has 2 N–H and O–H groups in total. The summed E-state index contributed by atoms with van der Waals surface area (Å²) in [7, 11) is 1.51. The van der Waals surface area contributed by atoms with Gasteiger partial charge in [0.2, 0.25) is 0 Å². The summed E-state index contributed by atoms with van der Waals surface area (Å²) < 4.78 is 18.4. The zero-order chi connectivity index (χ0) is 11.6. The Balaban J connectivity index is 1.95. The molecular formula is C13H18FNO. The maximum atomic E-state index is 13.4. The van der Waals surface area contributed by atoms with Crippen molar-refractivity contribution in [3.8, 4) is 5.75 Å². The van der Waals surface area contributed by atoms with Crippen molar-refractivity contribution in [2.45, 2.75) is 37.6 Å². The second-order valence-corrected chi connectivity index (χ2v) is 4.65. The first kappa shape index (κ1) is 11.4. The lowest BCUT2D eigenvalue weighted by Gasteiger charge is -2.11. The number of hydrogen-bond acceptors (Lipinski definition) is 2. The van der Waals surface area contributed by atoms with Crippen LogP contribution in [0.15, 0.2) is 18.2 Å². The highest BCUT2D eigenvalue weighted by molar-refractivity contribution is 5.35. The van der Waals surface area contributed by atoms with Crippen molar-refractivity contribution in [3.63, 3.8) is 0 Å². The third kappa shape index (κ3) is 2.53. The molecule has 0 atom stereocenters. The molecule has 2 nitrogen and oxygen atoms in total. The molecule has 1 aromatic rings. The average molecular weight is 223 g/mol. The lowest BCUT2D eigenvalue weighted by molar-refractivity contribution is 0.380. The zero-order valence-corrected chi connectivity index (χ0v) is 9.63. The van der Waals surface area contributed by atoms with Gasteiger partial charge in [-0.1, -0.05) is 12.1 Å². The van der Waals surface area contributed by atoms with Crippen LogP contribution in [-0.2, 0) is 6.42 Å². The molecule has 3 heteroatoms. The number of benzene rings is 1. The van der Waals surface area contributed by atoms with Crippen LogP contribution in [0.3, 0.4) is 0 Å². The number of methoxy groups -OCH3 is 1. The van der Waals surface area contributed by atoms with Gasteiger partial charge in [-0.05, 0) is 43.7 Å². The fourth-order valence-electron chi connectivity index (χ4n) is 2.02. The van der Waals surface area contributed by atoms with Gasteiger partial charge in [-0.2, -0.15) is 0 Å². The highest BCUT2D eigenvalue weighted by atomic mass is 19.1. The zero-order valence-electron chi connectivity index (χ0n) is 9.63. The van der Waals surface area contributed by atoms with E-state index >= 15 is 0 Å². The minimum atomic E-state index is -0.283. The predicted molar refractivity (Wildman–Crippen MR) is 62.0 cm³/mol. The van der Waals surface area contributed by atoms with Crippen LogP contribution >= 0.6 is 0 Å². The summed E-state index contributed by atoms with van der Waals surface area (Å²) in [4.78, 5) is 0. The molecule has 88 valence electrons. The van der Waals surface area contributed by atoms with E-state index in [0.29, 0.717) is 5.75 Å². The van der Waals surface area contributed by atoms with Crippen LogP contribution < -0.4 is 10.5 Å². The van der Waals surface area contributed by atoms with E-state index in [2.05, 4.69) is 0 Å². The number of ether oxygens (including phenoxy) is 1. The Morgan fingerprint density at radius 3 is 2.81 bits per heavy atom. The van der Waals surface area contributed by atoms with Crippen LogP contribution in [0.4, 0.5) is 4.39 Å². The summed E-state index contributed by atoms with van der Waals surface area (Å²) in [6.07, 6.45) is 5.11. The topological polar surface area (TPSA) is 35.2 Å². The molecule has 0 unspecified atom stereocenters. The molecule has 2 rings (SSSR count). The summed E-state index contributed by atoms with van der Waals surface area (Å²) >= 11 is 0. The maximum absolute atomic E-state index is 13.4. The Labute approximate surface area is 95.6 Å². The third-order valence-electron chi connectivity index (χ3n) is 3.27. The first-order valence-electron chi connectivity index (χ1n) is 5.75. The monoisotopic (exact) mass is 223 g/mol. The largest absolute Gasteiger partial charge is 0.493 e. The summed E-state index contributed by atoms with van der Waals surface area (Å²) in [6.45, 7) is 0. The van der Waals surface area contributed by atoms with E-state index in [4.69, 9.17) is 10.5 Å². The van der Waals surface area contributed by atoms with Gasteiger partial charge in [-0.25, -0.2) is 4.39 Å². The minimum Gasteiger partial charge on any atom is -0.493 e. The highest BCUT2D eigenvalue weighted by Gasteiger charge is 2.37. The number of halogens is 1. The van der Waals surface area contributed by atoms with Crippen LogP contribution in [0, 0.1) is 5.82 Å². The van der Waals surface area contributed by atoms with Crippen molar-refractivity contribution in [2.75, 3.05) is 7.11 Å². The Morgan fingerprint density at radius 2 is 2.19 bits per heavy atom. The van der Waals surface area contributed by atoms with Crippen LogP contribution in [0.1, 0.15) is 31.2 Å². The van der Waals surface area contributed by atoms with Gasteiger partial charge >= 0.3 is 0 Å². The molecule has 0 spiro atoms. The van der Waals surface area contributed by atoms with E-state index in [0.717, 1.165) is 37.7 Å². The Bertz CT molecular complexity index is 374.